The van der Waals surface area contributed by atoms with Crippen LogP contribution in [0.2, 0.25) is 0 Å². The molecule has 0 saturated heterocycles. The van der Waals surface area contributed by atoms with Crippen LogP contribution in [0.15, 0.2) is 30.7 Å². The number of nitrogens with zero attached hydrogens (tertiary/aromatic N) is 4. The third-order valence-corrected chi connectivity index (χ3v) is 1.74. The molecule has 72 valence electrons. The van der Waals surface area contributed by atoms with Crippen molar-refractivity contribution < 1.29 is 0 Å². The van der Waals surface area contributed by atoms with Gasteiger partial charge >= 0.3 is 0 Å². The van der Waals surface area contributed by atoms with Gasteiger partial charge < -0.3 is 5.32 Å². The van der Waals surface area contributed by atoms with Crippen LogP contribution in [0.1, 0.15) is 5.82 Å². The second kappa shape index (κ2) is 3.87. The van der Waals surface area contributed by atoms with E-state index in [1.165, 1.54) is 0 Å². The van der Waals surface area contributed by atoms with E-state index in [1.807, 2.05) is 25.2 Å². The van der Waals surface area contributed by atoms with Crippen LogP contribution in [0.4, 0.5) is 5.82 Å². The molecule has 0 unspecified atom stereocenters. The standard InChI is InChI=1S/C9H11N5/c1-14-7-12-9(13-14)6-11-8-4-2-3-5-10-8/h2-5,7H,6H2,1H3,(H,10,11). The first-order chi connectivity index (χ1) is 6.84. The van der Waals surface area contributed by atoms with E-state index in [0.29, 0.717) is 6.54 Å². The highest BCUT2D eigenvalue weighted by atomic mass is 15.3. The van der Waals surface area contributed by atoms with E-state index in [-0.39, 0.29) is 0 Å². The minimum Gasteiger partial charge on any atom is -0.363 e. The van der Waals surface area contributed by atoms with Crippen molar-refractivity contribution in [1.82, 2.24) is 19.7 Å². The fraction of sp³-hybridized carbons (Fsp3) is 0.222. The molecule has 0 atom stereocenters. The Morgan fingerprint density at radius 2 is 2.29 bits per heavy atom. The van der Waals surface area contributed by atoms with Crippen LogP contribution in [-0.2, 0) is 13.6 Å². The number of nitrogens with one attached hydrogen (secondary N) is 1. The Morgan fingerprint density at radius 1 is 1.36 bits per heavy atom. The maximum absolute atomic E-state index is 4.14. The van der Waals surface area contributed by atoms with Gasteiger partial charge in [0.1, 0.15) is 12.1 Å². The van der Waals surface area contributed by atoms with Gasteiger partial charge in [0.25, 0.3) is 0 Å². The Labute approximate surface area is 81.8 Å². The summed E-state index contributed by atoms with van der Waals surface area (Å²) in [6, 6.07) is 5.72. The summed E-state index contributed by atoms with van der Waals surface area (Å²) < 4.78 is 1.68. The summed E-state index contributed by atoms with van der Waals surface area (Å²) in [7, 11) is 1.84. The summed E-state index contributed by atoms with van der Waals surface area (Å²) >= 11 is 0. The predicted octanol–water partition coefficient (Wildman–Crippen LogP) is 0.822. The van der Waals surface area contributed by atoms with Crippen molar-refractivity contribution in [2.75, 3.05) is 5.32 Å². The molecule has 2 aromatic heterocycles. The van der Waals surface area contributed by atoms with E-state index < -0.39 is 0 Å². The first kappa shape index (κ1) is 8.68. The Bertz CT molecular complexity index is 395. The van der Waals surface area contributed by atoms with Gasteiger partial charge in [-0.3, -0.25) is 4.68 Å². The molecule has 0 fully saturated rings. The zero-order valence-electron chi connectivity index (χ0n) is 7.88. The maximum atomic E-state index is 4.14. The average Bonchev–Trinajstić information content (AvgIpc) is 2.63. The monoisotopic (exact) mass is 189 g/mol. The SMILES string of the molecule is Cn1cnc(CNc2ccccn2)n1. The highest BCUT2D eigenvalue weighted by Crippen LogP contribution is 2.01. The molecule has 0 aromatic carbocycles. The molecule has 0 spiro atoms. The van der Waals surface area contributed by atoms with Crippen LogP contribution in [0, 0.1) is 0 Å². The van der Waals surface area contributed by atoms with Gasteiger partial charge in [-0.05, 0) is 12.1 Å². The van der Waals surface area contributed by atoms with E-state index in [1.54, 1.807) is 17.2 Å². The zero-order chi connectivity index (χ0) is 9.80. The summed E-state index contributed by atoms with van der Waals surface area (Å²) in [6.45, 7) is 0.595. The van der Waals surface area contributed by atoms with Crippen molar-refractivity contribution in [1.29, 1.82) is 0 Å². The summed E-state index contributed by atoms with van der Waals surface area (Å²) in [5.41, 5.74) is 0. The minimum atomic E-state index is 0.595. The van der Waals surface area contributed by atoms with Gasteiger partial charge in [0, 0.05) is 13.2 Å². The minimum absolute atomic E-state index is 0.595. The molecule has 14 heavy (non-hydrogen) atoms. The van der Waals surface area contributed by atoms with Gasteiger partial charge in [0.05, 0.1) is 6.54 Å². The van der Waals surface area contributed by atoms with E-state index in [9.17, 15) is 0 Å². The number of pyridine rings is 1. The molecule has 0 amide bonds. The van der Waals surface area contributed by atoms with Crippen LogP contribution in [0.25, 0.3) is 0 Å². The van der Waals surface area contributed by atoms with E-state index in [0.717, 1.165) is 11.6 Å². The van der Waals surface area contributed by atoms with Gasteiger partial charge in [-0.1, -0.05) is 6.07 Å². The van der Waals surface area contributed by atoms with Crippen LogP contribution in [-0.4, -0.2) is 19.7 Å². The first-order valence-electron chi connectivity index (χ1n) is 4.34. The lowest BCUT2D eigenvalue weighted by atomic mass is 10.4. The molecule has 0 aliphatic carbocycles. The van der Waals surface area contributed by atoms with Gasteiger partial charge in [0.15, 0.2) is 5.82 Å². The number of aryl methyl sites for hydroxylation is 1. The van der Waals surface area contributed by atoms with Crippen molar-refractivity contribution in [3.63, 3.8) is 0 Å². The summed E-state index contributed by atoms with van der Waals surface area (Å²) in [5, 5.41) is 7.27. The number of rotatable bonds is 3. The lowest BCUT2D eigenvalue weighted by Crippen LogP contribution is -2.03. The normalized spacial score (nSPS) is 10.1. The third-order valence-electron chi connectivity index (χ3n) is 1.74. The van der Waals surface area contributed by atoms with Gasteiger partial charge in [-0.15, -0.1) is 0 Å². The van der Waals surface area contributed by atoms with E-state index >= 15 is 0 Å². The van der Waals surface area contributed by atoms with Crippen LogP contribution < -0.4 is 5.32 Å². The number of hydrogen-bond acceptors (Lipinski definition) is 4. The molecule has 0 saturated carbocycles. The van der Waals surface area contributed by atoms with Crippen LogP contribution in [0.5, 0.6) is 0 Å². The number of hydrogen-bond donors (Lipinski definition) is 1. The molecule has 0 bridgehead atoms. The third kappa shape index (κ3) is 2.07. The fourth-order valence-electron chi connectivity index (χ4n) is 1.10. The zero-order valence-corrected chi connectivity index (χ0v) is 7.88. The Kier molecular flexibility index (Phi) is 2.40. The van der Waals surface area contributed by atoms with Crippen molar-refractivity contribution in [3.05, 3.63) is 36.5 Å². The summed E-state index contributed by atoms with van der Waals surface area (Å²) in [5.74, 6) is 1.60. The Hall–Kier alpha value is -1.91. The average molecular weight is 189 g/mol. The van der Waals surface area contributed by atoms with Crippen molar-refractivity contribution in [2.24, 2.45) is 7.05 Å². The highest BCUT2D eigenvalue weighted by molar-refractivity contribution is 5.32. The van der Waals surface area contributed by atoms with Gasteiger partial charge in [0.2, 0.25) is 0 Å². The molecular weight excluding hydrogens is 178 g/mol. The van der Waals surface area contributed by atoms with Gasteiger partial charge in [-0.2, -0.15) is 5.10 Å². The molecule has 5 nitrogen and oxygen atoms in total. The maximum Gasteiger partial charge on any atom is 0.169 e. The number of aromatic nitrogens is 4. The fourth-order valence-corrected chi connectivity index (χ4v) is 1.10. The lowest BCUT2D eigenvalue weighted by molar-refractivity contribution is 0.747. The smallest absolute Gasteiger partial charge is 0.169 e. The first-order valence-corrected chi connectivity index (χ1v) is 4.34. The summed E-state index contributed by atoms with van der Waals surface area (Å²) in [4.78, 5) is 8.22. The Balaban J connectivity index is 1.95. The van der Waals surface area contributed by atoms with Crippen LogP contribution in [0.3, 0.4) is 0 Å². The van der Waals surface area contributed by atoms with Crippen molar-refractivity contribution in [2.45, 2.75) is 6.54 Å². The second-order valence-electron chi connectivity index (χ2n) is 2.90. The molecular formula is C9H11N5. The molecule has 0 aliphatic heterocycles. The van der Waals surface area contributed by atoms with Crippen molar-refractivity contribution >= 4 is 5.82 Å². The van der Waals surface area contributed by atoms with Crippen LogP contribution >= 0.6 is 0 Å². The number of anilines is 1. The Morgan fingerprint density at radius 3 is 2.93 bits per heavy atom. The van der Waals surface area contributed by atoms with Gasteiger partial charge in [-0.25, -0.2) is 9.97 Å². The largest absolute Gasteiger partial charge is 0.363 e. The molecule has 0 aliphatic rings. The quantitative estimate of drug-likeness (QED) is 0.776. The van der Waals surface area contributed by atoms with E-state index in [4.69, 9.17) is 0 Å². The molecule has 2 heterocycles. The van der Waals surface area contributed by atoms with Crippen molar-refractivity contribution in [3.8, 4) is 0 Å². The predicted molar refractivity (Wildman–Crippen MR) is 52.6 cm³/mol. The molecule has 0 radical (unpaired) electrons. The molecule has 1 N–H and O–H groups in total. The van der Waals surface area contributed by atoms with E-state index in [2.05, 4.69) is 20.4 Å². The molecule has 2 aromatic rings. The lowest BCUT2D eigenvalue weighted by Gasteiger charge is -2.00. The second-order valence-corrected chi connectivity index (χ2v) is 2.90. The molecule has 2 rings (SSSR count). The summed E-state index contributed by atoms with van der Waals surface area (Å²) in [6.07, 6.45) is 3.42. The molecule has 5 heteroatoms. The highest BCUT2D eigenvalue weighted by Gasteiger charge is 1.97. The topological polar surface area (TPSA) is 55.6 Å².